The van der Waals surface area contributed by atoms with E-state index in [1.165, 1.54) is 0 Å². The normalized spacial score (nSPS) is 16.1. The van der Waals surface area contributed by atoms with Gasteiger partial charge in [0, 0.05) is 23.1 Å². The van der Waals surface area contributed by atoms with Gasteiger partial charge in [-0.2, -0.15) is 0 Å². The van der Waals surface area contributed by atoms with Crippen LogP contribution in [0.25, 0.3) is 0 Å². The number of rotatable bonds is 3. The SMILES string of the molecule is CNC(=O)C(C)S(=O)C(C)C. The van der Waals surface area contributed by atoms with Crippen LogP contribution in [0.3, 0.4) is 0 Å². The lowest BCUT2D eigenvalue weighted by Crippen LogP contribution is -2.35. The van der Waals surface area contributed by atoms with Gasteiger partial charge >= 0.3 is 0 Å². The lowest BCUT2D eigenvalue weighted by molar-refractivity contribution is -0.119. The molecule has 0 aromatic rings. The molecule has 0 aromatic heterocycles. The number of hydrogen-bond donors (Lipinski definition) is 1. The van der Waals surface area contributed by atoms with Crippen molar-refractivity contribution in [1.82, 2.24) is 5.32 Å². The molecule has 1 N–H and O–H groups in total. The van der Waals surface area contributed by atoms with E-state index in [2.05, 4.69) is 5.32 Å². The van der Waals surface area contributed by atoms with Crippen LogP contribution >= 0.6 is 0 Å². The first-order valence-corrected chi connectivity index (χ1v) is 4.89. The first kappa shape index (κ1) is 10.6. The summed E-state index contributed by atoms with van der Waals surface area (Å²) in [5.41, 5.74) is 0. The van der Waals surface area contributed by atoms with E-state index in [0.717, 1.165) is 0 Å². The lowest BCUT2D eigenvalue weighted by Gasteiger charge is -2.11. The summed E-state index contributed by atoms with van der Waals surface area (Å²) in [7, 11) is 0.493. The van der Waals surface area contributed by atoms with Crippen LogP contribution in [0.2, 0.25) is 0 Å². The molecule has 0 aromatic carbocycles. The smallest absolute Gasteiger partial charge is 0.235 e. The maximum Gasteiger partial charge on any atom is 0.235 e. The van der Waals surface area contributed by atoms with E-state index in [0.29, 0.717) is 0 Å². The zero-order valence-electron chi connectivity index (χ0n) is 7.38. The van der Waals surface area contributed by atoms with Crippen LogP contribution in [-0.2, 0) is 15.6 Å². The topological polar surface area (TPSA) is 46.2 Å². The third kappa shape index (κ3) is 3.01. The molecule has 0 fully saturated rings. The van der Waals surface area contributed by atoms with Gasteiger partial charge in [0.1, 0.15) is 5.25 Å². The van der Waals surface area contributed by atoms with Gasteiger partial charge in [-0.05, 0) is 6.92 Å². The second kappa shape index (κ2) is 4.49. The van der Waals surface area contributed by atoms with Crippen molar-refractivity contribution < 1.29 is 9.00 Å². The molecule has 11 heavy (non-hydrogen) atoms. The Morgan fingerprint density at radius 2 is 1.82 bits per heavy atom. The molecule has 0 aliphatic rings. The summed E-state index contributed by atoms with van der Waals surface area (Å²) in [6.45, 7) is 5.36. The van der Waals surface area contributed by atoms with E-state index in [1.807, 2.05) is 13.8 Å². The Kier molecular flexibility index (Phi) is 4.33. The summed E-state index contributed by atoms with van der Waals surface area (Å²) < 4.78 is 11.3. The maximum absolute atomic E-state index is 11.3. The molecule has 2 unspecified atom stereocenters. The Labute approximate surface area is 70.0 Å². The zero-order chi connectivity index (χ0) is 9.02. The number of nitrogens with one attached hydrogen (secondary N) is 1. The summed E-state index contributed by atoms with van der Waals surface area (Å²) >= 11 is 0. The minimum absolute atomic E-state index is 0.0438. The minimum Gasteiger partial charge on any atom is -0.358 e. The fourth-order valence-corrected chi connectivity index (χ4v) is 1.86. The van der Waals surface area contributed by atoms with Crippen molar-refractivity contribution in [1.29, 1.82) is 0 Å². The number of carbonyl (C=O) groups excluding carboxylic acids is 1. The standard InChI is InChI=1S/C7H15NO2S/c1-5(2)11(10)6(3)7(9)8-4/h5-6H,1-4H3,(H,8,9). The van der Waals surface area contributed by atoms with E-state index < -0.39 is 16.0 Å². The average Bonchev–Trinajstić information content (AvgIpc) is 2.00. The van der Waals surface area contributed by atoms with Crippen LogP contribution in [0.15, 0.2) is 0 Å². The fraction of sp³-hybridized carbons (Fsp3) is 0.857. The second-order valence-electron chi connectivity index (χ2n) is 2.63. The van der Waals surface area contributed by atoms with Crippen molar-refractivity contribution in [3.8, 4) is 0 Å². The van der Waals surface area contributed by atoms with E-state index in [-0.39, 0.29) is 11.2 Å². The number of carbonyl (C=O) groups is 1. The highest BCUT2D eigenvalue weighted by atomic mass is 32.2. The molecular weight excluding hydrogens is 162 g/mol. The molecule has 0 bridgehead atoms. The van der Waals surface area contributed by atoms with Crippen LogP contribution < -0.4 is 5.32 Å². The highest BCUT2D eigenvalue weighted by Crippen LogP contribution is 2.02. The van der Waals surface area contributed by atoms with Gasteiger partial charge < -0.3 is 5.32 Å². The van der Waals surface area contributed by atoms with Gasteiger partial charge in [0.2, 0.25) is 5.91 Å². The van der Waals surface area contributed by atoms with Crippen molar-refractivity contribution >= 4 is 16.7 Å². The predicted octanol–water partition coefficient (Wildman–Crippen LogP) is 0.278. The number of amides is 1. The summed E-state index contributed by atoms with van der Waals surface area (Å²) in [5, 5.41) is 2.11. The third-order valence-corrected chi connectivity index (χ3v) is 3.27. The molecule has 0 heterocycles. The number of hydrogen-bond acceptors (Lipinski definition) is 2. The molecule has 0 aliphatic carbocycles. The van der Waals surface area contributed by atoms with Gasteiger partial charge in [-0.3, -0.25) is 9.00 Å². The second-order valence-corrected chi connectivity index (χ2v) is 4.94. The highest BCUT2D eigenvalue weighted by molar-refractivity contribution is 7.87. The summed E-state index contributed by atoms with van der Waals surface area (Å²) in [4.78, 5) is 11.0. The van der Waals surface area contributed by atoms with Crippen LogP contribution in [0.4, 0.5) is 0 Å². The molecule has 0 rings (SSSR count). The van der Waals surface area contributed by atoms with Crippen LogP contribution in [0.1, 0.15) is 20.8 Å². The molecule has 0 spiro atoms. The highest BCUT2D eigenvalue weighted by Gasteiger charge is 2.20. The van der Waals surface area contributed by atoms with Crippen LogP contribution in [-0.4, -0.2) is 27.7 Å². The van der Waals surface area contributed by atoms with Crippen molar-refractivity contribution in [3.05, 3.63) is 0 Å². The summed E-state index contributed by atoms with van der Waals surface area (Å²) in [6, 6.07) is 0. The monoisotopic (exact) mass is 177 g/mol. The molecule has 0 radical (unpaired) electrons. The Morgan fingerprint density at radius 1 is 1.36 bits per heavy atom. The van der Waals surface area contributed by atoms with Gasteiger partial charge in [0.05, 0.1) is 0 Å². The quantitative estimate of drug-likeness (QED) is 0.673. The van der Waals surface area contributed by atoms with Crippen molar-refractivity contribution in [2.75, 3.05) is 7.05 Å². The van der Waals surface area contributed by atoms with Crippen molar-refractivity contribution in [2.24, 2.45) is 0 Å². The molecule has 4 heteroatoms. The van der Waals surface area contributed by atoms with Crippen LogP contribution in [0.5, 0.6) is 0 Å². The fourth-order valence-electron chi connectivity index (χ4n) is 0.717. The maximum atomic E-state index is 11.3. The van der Waals surface area contributed by atoms with E-state index in [4.69, 9.17) is 0 Å². The molecule has 0 saturated heterocycles. The molecule has 2 atom stereocenters. The Hall–Kier alpha value is -0.380. The molecule has 1 amide bonds. The average molecular weight is 177 g/mol. The Morgan fingerprint density at radius 3 is 2.09 bits per heavy atom. The van der Waals surface area contributed by atoms with Crippen molar-refractivity contribution in [3.63, 3.8) is 0 Å². The zero-order valence-corrected chi connectivity index (χ0v) is 8.20. The lowest BCUT2D eigenvalue weighted by atomic mass is 10.4. The summed E-state index contributed by atoms with van der Waals surface area (Å²) in [5.74, 6) is -0.156. The molecular formula is C7H15NO2S. The van der Waals surface area contributed by atoms with E-state index >= 15 is 0 Å². The Balaban J connectivity index is 4.13. The van der Waals surface area contributed by atoms with Gasteiger partial charge in [-0.25, -0.2) is 0 Å². The Bertz CT molecular complexity index is 168. The molecule has 3 nitrogen and oxygen atoms in total. The van der Waals surface area contributed by atoms with Gasteiger partial charge in [-0.15, -0.1) is 0 Å². The van der Waals surface area contributed by atoms with E-state index in [1.54, 1.807) is 14.0 Å². The van der Waals surface area contributed by atoms with Gasteiger partial charge in [0.15, 0.2) is 0 Å². The first-order chi connectivity index (χ1) is 5.00. The molecule has 66 valence electrons. The van der Waals surface area contributed by atoms with Gasteiger partial charge in [-0.1, -0.05) is 13.8 Å². The predicted molar refractivity (Wildman–Crippen MR) is 46.8 cm³/mol. The summed E-state index contributed by atoms with van der Waals surface area (Å²) in [6.07, 6.45) is 0. The van der Waals surface area contributed by atoms with Crippen LogP contribution in [0, 0.1) is 0 Å². The minimum atomic E-state index is -1.06. The largest absolute Gasteiger partial charge is 0.358 e. The van der Waals surface area contributed by atoms with Crippen molar-refractivity contribution in [2.45, 2.75) is 31.3 Å². The third-order valence-electron chi connectivity index (χ3n) is 1.43. The molecule has 0 saturated carbocycles. The van der Waals surface area contributed by atoms with Gasteiger partial charge in [0.25, 0.3) is 0 Å². The van der Waals surface area contributed by atoms with E-state index in [9.17, 15) is 9.00 Å². The molecule has 0 aliphatic heterocycles. The first-order valence-electron chi connectivity index (χ1n) is 3.61.